The summed E-state index contributed by atoms with van der Waals surface area (Å²) in [4.78, 5) is 27.7. The van der Waals surface area contributed by atoms with Crippen LogP contribution in [0.5, 0.6) is 0 Å². The highest BCUT2D eigenvalue weighted by Crippen LogP contribution is 2.32. The maximum absolute atomic E-state index is 11.8. The van der Waals surface area contributed by atoms with Gasteiger partial charge in [0.05, 0.1) is 0 Å². The van der Waals surface area contributed by atoms with Gasteiger partial charge in [0.25, 0.3) is 0 Å². The molecule has 186 valence electrons. The van der Waals surface area contributed by atoms with Crippen molar-refractivity contribution in [1.82, 2.24) is 20.4 Å². The quantitative estimate of drug-likeness (QED) is 0.368. The van der Waals surface area contributed by atoms with Crippen LogP contribution in [0.3, 0.4) is 0 Å². The van der Waals surface area contributed by atoms with Gasteiger partial charge in [-0.2, -0.15) is 0 Å². The number of nitrogens with one attached hydrogen (secondary N) is 2. The molecule has 2 saturated heterocycles. The van der Waals surface area contributed by atoms with Gasteiger partial charge in [-0.1, -0.05) is 12.8 Å². The summed E-state index contributed by atoms with van der Waals surface area (Å²) in [6.07, 6.45) is 10.3. The molecule has 2 rings (SSSR count). The largest absolute Gasteiger partial charge is 0.342 e. The van der Waals surface area contributed by atoms with Crippen molar-refractivity contribution in [2.45, 2.75) is 141 Å². The summed E-state index contributed by atoms with van der Waals surface area (Å²) < 4.78 is 0. The minimum absolute atomic E-state index is 0.0454. The van der Waals surface area contributed by atoms with Crippen LogP contribution in [0.4, 0.5) is 0 Å². The van der Waals surface area contributed by atoms with Crippen LogP contribution in [0.2, 0.25) is 0 Å². The molecule has 0 bridgehead atoms. The number of hydrogen-bond acceptors (Lipinski definition) is 4. The van der Waals surface area contributed by atoms with E-state index in [0.29, 0.717) is 12.1 Å². The fourth-order valence-corrected chi connectivity index (χ4v) is 6.59. The van der Waals surface area contributed by atoms with Gasteiger partial charge in [0, 0.05) is 47.3 Å². The molecule has 2 fully saturated rings. The smallest absolute Gasteiger partial charge is 0.209 e. The minimum Gasteiger partial charge on any atom is -0.342 e. The predicted molar refractivity (Wildman–Crippen MR) is 133 cm³/mol. The monoisotopic (exact) mass is 450 g/mol. The Morgan fingerprint density at radius 3 is 1.12 bits per heavy atom. The Labute approximate surface area is 197 Å². The van der Waals surface area contributed by atoms with E-state index in [0.717, 1.165) is 77.3 Å². The lowest BCUT2D eigenvalue weighted by Gasteiger charge is -2.49. The van der Waals surface area contributed by atoms with Crippen LogP contribution in [-0.2, 0) is 9.59 Å². The molecule has 2 aliphatic heterocycles. The fraction of sp³-hybridized carbons (Fsp3) is 0.923. The van der Waals surface area contributed by atoms with Crippen molar-refractivity contribution in [3.05, 3.63) is 0 Å². The number of piperidine rings is 2. The van der Waals surface area contributed by atoms with E-state index in [1.165, 1.54) is 0 Å². The second kappa shape index (κ2) is 10.4. The number of carbonyl (C=O) groups is 2. The average Bonchev–Trinajstić information content (AvgIpc) is 2.58. The molecule has 6 heteroatoms. The summed E-state index contributed by atoms with van der Waals surface area (Å²) in [7, 11) is 0. The molecule has 0 unspecified atom stereocenters. The van der Waals surface area contributed by atoms with Gasteiger partial charge < -0.3 is 20.4 Å². The van der Waals surface area contributed by atoms with Gasteiger partial charge in [-0.25, -0.2) is 0 Å². The van der Waals surface area contributed by atoms with Crippen LogP contribution in [0, 0.1) is 0 Å². The van der Waals surface area contributed by atoms with Crippen LogP contribution in [0.1, 0.15) is 107 Å². The van der Waals surface area contributed by atoms with E-state index in [4.69, 9.17) is 0 Å². The number of amides is 2. The van der Waals surface area contributed by atoms with Crippen LogP contribution in [0.25, 0.3) is 0 Å². The predicted octanol–water partition coefficient (Wildman–Crippen LogP) is 4.08. The van der Waals surface area contributed by atoms with E-state index >= 15 is 0 Å². The molecule has 6 nitrogen and oxygen atoms in total. The zero-order valence-corrected chi connectivity index (χ0v) is 22.1. The SMILES string of the molecule is CC1(C)CC(N(C=O)CCCCCCN(C=O)C2CC(C)(C)NC(C)(C)C2)CC(C)(C)N1. The molecule has 2 heterocycles. The summed E-state index contributed by atoms with van der Waals surface area (Å²) in [6, 6.07) is 0.604. The van der Waals surface area contributed by atoms with E-state index in [2.05, 4.69) is 66.0 Å². The molecular formula is C26H50N4O2. The van der Waals surface area contributed by atoms with Crippen molar-refractivity contribution >= 4 is 12.8 Å². The molecule has 0 atom stereocenters. The van der Waals surface area contributed by atoms with Gasteiger partial charge in [0.1, 0.15) is 0 Å². The molecule has 0 aromatic rings. The number of carbonyl (C=O) groups excluding carboxylic acids is 2. The average molecular weight is 451 g/mol. The Bertz CT molecular complexity index is 543. The van der Waals surface area contributed by atoms with E-state index in [1.807, 2.05) is 9.80 Å². The molecule has 0 radical (unpaired) electrons. The molecule has 2 amide bonds. The zero-order chi connectivity index (χ0) is 24.2. The van der Waals surface area contributed by atoms with Crippen LogP contribution >= 0.6 is 0 Å². The second-order valence-electron chi connectivity index (χ2n) is 13.0. The van der Waals surface area contributed by atoms with Crippen LogP contribution in [0.15, 0.2) is 0 Å². The number of rotatable bonds is 11. The number of unbranched alkanes of at least 4 members (excludes halogenated alkanes) is 3. The molecule has 0 spiro atoms. The van der Waals surface area contributed by atoms with Gasteiger partial charge in [-0.15, -0.1) is 0 Å². The van der Waals surface area contributed by atoms with Gasteiger partial charge in [-0.05, 0) is 93.9 Å². The molecule has 0 aromatic carbocycles. The van der Waals surface area contributed by atoms with Crippen molar-refractivity contribution in [3.8, 4) is 0 Å². The van der Waals surface area contributed by atoms with Crippen molar-refractivity contribution in [2.75, 3.05) is 13.1 Å². The fourth-order valence-electron chi connectivity index (χ4n) is 6.59. The minimum atomic E-state index is 0.0454. The van der Waals surface area contributed by atoms with Gasteiger partial charge in [0.2, 0.25) is 12.8 Å². The molecule has 0 aliphatic carbocycles. The Balaban J connectivity index is 1.74. The summed E-state index contributed by atoms with van der Waals surface area (Å²) in [6.45, 7) is 19.5. The number of hydrogen-bond donors (Lipinski definition) is 2. The Kier molecular flexibility index (Phi) is 8.82. The molecule has 2 aliphatic rings. The lowest BCUT2D eigenvalue weighted by molar-refractivity contribution is -0.123. The highest BCUT2D eigenvalue weighted by molar-refractivity contribution is 5.48. The first-order valence-corrected chi connectivity index (χ1v) is 12.7. The second-order valence-corrected chi connectivity index (χ2v) is 13.0. The Morgan fingerprint density at radius 1 is 0.594 bits per heavy atom. The Hall–Kier alpha value is -1.14. The maximum atomic E-state index is 11.8. The first kappa shape index (κ1) is 27.1. The van der Waals surface area contributed by atoms with E-state index in [-0.39, 0.29) is 22.2 Å². The first-order chi connectivity index (χ1) is 14.7. The molecular weight excluding hydrogens is 400 g/mol. The van der Waals surface area contributed by atoms with E-state index in [9.17, 15) is 9.59 Å². The lowest BCUT2D eigenvalue weighted by atomic mass is 9.79. The van der Waals surface area contributed by atoms with Gasteiger partial charge in [-0.3, -0.25) is 9.59 Å². The summed E-state index contributed by atoms with van der Waals surface area (Å²) >= 11 is 0. The van der Waals surface area contributed by atoms with Crippen LogP contribution < -0.4 is 10.6 Å². The summed E-state index contributed by atoms with van der Waals surface area (Å²) in [5.74, 6) is 0. The van der Waals surface area contributed by atoms with Crippen molar-refractivity contribution in [1.29, 1.82) is 0 Å². The summed E-state index contributed by atoms with van der Waals surface area (Å²) in [5.41, 5.74) is 0.181. The summed E-state index contributed by atoms with van der Waals surface area (Å²) in [5, 5.41) is 7.40. The third-order valence-corrected chi connectivity index (χ3v) is 7.13. The van der Waals surface area contributed by atoms with Crippen molar-refractivity contribution in [3.63, 3.8) is 0 Å². The standard InChI is InChI=1S/C26H50N4O2/c1-23(2)15-21(16-24(3,4)27-23)29(19-31)13-11-9-10-12-14-30(20-32)22-17-25(5,6)28-26(7,8)18-22/h19-22,27-28H,9-18H2,1-8H3. The molecule has 0 aromatic heterocycles. The third-order valence-electron chi connectivity index (χ3n) is 7.13. The maximum Gasteiger partial charge on any atom is 0.209 e. The molecule has 32 heavy (non-hydrogen) atoms. The van der Waals surface area contributed by atoms with E-state index in [1.54, 1.807) is 0 Å². The highest BCUT2D eigenvalue weighted by Gasteiger charge is 2.40. The van der Waals surface area contributed by atoms with Crippen molar-refractivity contribution < 1.29 is 9.59 Å². The lowest BCUT2D eigenvalue weighted by Crippen LogP contribution is -2.62. The van der Waals surface area contributed by atoms with Gasteiger partial charge in [0.15, 0.2) is 0 Å². The molecule has 0 saturated carbocycles. The molecule has 2 N–H and O–H groups in total. The van der Waals surface area contributed by atoms with E-state index < -0.39 is 0 Å². The third kappa shape index (κ3) is 8.33. The zero-order valence-electron chi connectivity index (χ0n) is 22.1. The van der Waals surface area contributed by atoms with Crippen LogP contribution in [-0.4, -0.2) is 69.9 Å². The van der Waals surface area contributed by atoms with Crippen molar-refractivity contribution in [2.24, 2.45) is 0 Å². The number of nitrogens with zero attached hydrogens (tertiary/aromatic N) is 2. The normalized spacial score (nSPS) is 24.6. The highest BCUT2D eigenvalue weighted by atomic mass is 16.1. The first-order valence-electron chi connectivity index (χ1n) is 12.7. The van der Waals surface area contributed by atoms with Gasteiger partial charge >= 0.3 is 0 Å². The topological polar surface area (TPSA) is 64.7 Å². The Morgan fingerprint density at radius 2 is 0.875 bits per heavy atom.